The Morgan fingerprint density at radius 2 is 2.19 bits per heavy atom. The van der Waals surface area contributed by atoms with Crippen molar-refractivity contribution in [3.05, 3.63) is 35.0 Å². The minimum Gasteiger partial charge on any atom is -0.314 e. The largest absolute Gasteiger partial charge is 0.314 e. The second-order valence-corrected chi connectivity index (χ2v) is 4.96. The van der Waals surface area contributed by atoms with Gasteiger partial charge in [-0.15, -0.1) is 11.3 Å². The lowest BCUT2D eigenvalue weighted by Gasteiger charge is -2.06. The van der Waals surface area contributed by atoms with Gasteiger partial charge in [0.25, 0.3) is 0 Å². The topological polar surface area (TPSA) is 129 Å². The highest BCUT2D eigenvalue weighted by Gasteiger charge is 2.13. The Labute approximate surface area is 123 Å². The second kappa shape index (κ2) is 5.17. The first-order valence-electron chi connectivity index (χ1n) is 5.83. The maximum atomic E-state index is 9.10. The van der Waals surface area contributed by atoms with E-state index in [0.29, 0.717) is 11.6 Å². The molecule has 3 rings (SSSR count). The monoisotopic (exact) mass is 296 g/mol. The van der Waals surface area contributed by atoms with E-state index in [1.807, 2.05) is 23.6 Å². The summed E-state index contributed by atoms with van der Waals surface area (Å²) in [6.07, 6.45) is 1.43. The van der Waals surface area contributed by atoms with E-state index in [0.717, 1.165) is 10.2 Å². The lowest BCUT2D eigenvalue weighted by atomic mass is 10.3. The predicted octanol–water partition coefficient (Wildman–Crippen LogP) is 0.965. The molecule has 0 radical (unpaired) electrons. The number of hydrogen-bond acceptors (Lipinski definition) is 8. The standard InChI is InChI=1S/C12H8N8S/c13-3-8-9(4-14)20(6-16-8)5-10-17-11(19-15)7-1-2-21-12(7)18-10/h1-2,6H,5,15H2,(H,17,18,19). The van der Waals surface area contributed by atoms with Crippen molar-refractivity contribution in [2.45, 2.75) is 6.54 Å². The van der Waals surface area contributed by atoms with Gasteiger partial charge in [0.05, 0.1) is 18.3 Å². The molecule has 0 bridgehead atoms. The zero-order valence-electron chi connectivity index (χ0n) is 10.6. The fourth-order valence-corrected chi connectivity index (χ4v) is 2.72. The number of rotatable bonds is 3. The molecule has 3 N–H and O–H groups in total. The summed E-state index contributed by atoms with van der Waals surface area (Å²) in [5.74, 6) is 6.48. The van der Waals surface area contributed by atoms with Crippen LogP contribution in [0.2, 0.25) is 0 Å². The molecule has 0 aliphatic carbocycles. The lowest BCUT2D eigenvalue weighted by molar-refractivity contribution is 0.740. The van der Waals surface area contributed by atoms with Gasteiger partial charge in [-0.2, -0.15) is 10.5 Å². The van der Waals surface area contributed by atoms with Gasteiger partial charge in [-0.05, 0) is 11.4 Å². The van der Waals surface area contributed by atoms with Crippen molar-refractivity contribution < 1.29 is 0 Å². The Bertz CT molecular complexity index is 894. The molecule has 0 aliphatic rings. The molecule has 3 aromatic rings. The van der Waals surface area contributed by atoms with Gasteiger partial charge in [0.2, 0.25) is 0 Å². The summed E-state index contributed by atoms with van der Waals surface area (Å²) in [6.45, 7) is 0.236. The van der Waals surface area contributed by atoms with Crippen LogP contribution in [0.1, 0.15) is 17.2 Å². The summed E-state index contributed by atoms with van der Waals surface area (Å²) < 4.78 is 1.54. The van der Waals surface area contributed by atoms with E-state index in [-0.39, 0.29) is 17.9 Å². The third-order valence-electron chi connectivity index (χ3n) is 2.87. The van der Waals surface area contributed by atoms with E-state index in [9.17, 15) is 0 Å². The quantitative estimate of drug-likeness (QED) is 0.544. The Balaban J connectivity index is 2.05. The number of aromatic nitrogens is 4. The Morgan fingerprint density at radius 3 is 2.90 bits per heavy atom. The van der Waals surface area contributed by atoms with Crippen molar-refractivity contribution in [1.82, 2.24) is 19.5 Å². The number of nitriles is 2. The summed E-state index contributed by atoms with van der Waals surface area (Å²) in [5.41, 5.74) is 2.82. The van der Waals surface area contributed by atoms with Crippen molar-refractivity contribution in [2.75, 3.05) is 5.43 Å². The van der Waals surface area contributed by atoms with Crippen LogP contribution in [0.25, 0.3) is 10.2 Å². The maximum Gasteiger partial charge on any atom is 0.176 e. The molecule has 0 amide bonds. The molecule has 0 atom stereocenters. The number of anilines is 1. The minimum atomic E-state index is 0.0897. The maximum absolute atomic E-state index is 9.10. The van der Waals surface area contributed by atoms with Crippen LogP contribution in [0, 0.1) is 22.7 Å². The number of nitrogens with zero attached hydrogens (tertiary/aromatic N) is 6. The van der Waals surface area contributed by atoms with Gasteiger partial charge in [-0.3, -0.25) is 0 Å². The van der Waals surface area contributed by atoms with Crippen molar-refractivity contribution in [3.63, 3.8) is 0 Å². The van der Waals surface area contributed by atoms with Gasteiger partial charge >= 0.3 is 0 Å². The molecule has 0 spiro atoms. The molecule has 0 aliphatic heterocycles. The summed E-state index contributed by atoms with van der Waals surface area (Å²) in [4.78, 5) is 13.4. The number of nitrogens with one attached hydrogen (secondary N) is 1. The number of fused-ring (bicyclic) bond motifs is 1. The first kappa shape index (κ1) is 13.0. The highest BCUT2D eigenvalue weighted by Crippen LogP contribution is 2.24. The number of nitrogens with two attached hydrogens (primary N) is 1. The van der Waals surface area contributed by atoms with Gasteiger partial charge in [0, 0.05) is 0 Å². The lowest BCUT2D eigenvalue weighted by Crippen LogP contribution is -2.12. The van der Waals surface area contributed by atoms with Crippen molar-refractivity contribution in [2.24, 2.45) is 5.84 Å². The fourth-order valence-electron chi connectivity index (χ4n) is 1.93. The highest BCUT2D eigenvalue weighted by atomic mass is 32.1. The van der Waals surface area contributed by atoms with Gasteiger partial charge in [0.15, 0.2) is 23.0 Å². The number of hydrazine groups is 1. The van der Waals surface area contributed by atoms with E-state index < -0.39 is 0 Å². The molecule has 0 unspecified atom stereocenters. The normalized spacial score (nSPS) is 10.2. The molecule has 21 heavy (non-hydrogen) atoms. The Kier molecular flexibility index (Phi) is 3.20. The predicted molar refractivity (Wildman–Crippen MR) is 76.0 cm³/mol. The van der Waals surface area contributed by atoms with E-state index in [1.54, 1.807) is 0 Å². The van der Waals surface area contributed by atoms with Gasteiger partial charge in [-0.25, -0.2) is 20.8 Å². The smallest absolute Gasteiger partial charge is 0.176 e. The van der Waals surface area contributed by atoms with Crippen molar-refractivity contribution in [1.29, 1.82) is 10.5 Å². The van der Waals surface area contributed by atoms with Crippen LogP contribution in [0.3, 0.4) is 0 Å². The second-order valence-electron chi connectivity index (χ2n) is 4.07. The molecular formula is C12H8N8S. The zero-order valence-corrected chi connectivity index (χ0v) is 11.4. The number of hydrogen-bond donors (Lipinski definition) is 2. The molecular weight excluding hydrogens is 288 g/mol. The van der Waals surface area contributed by atoms with E-state index in [2.05, 4.69) is 20.4 Å². The van der Waals surface area contributed by atoms with E-state index in [4.69, 9.17) is 16.4 Å². The molecule has 8 nitrogen and oxygen atoms in total. The van der Waals surface area contributed by atoms with Crippen LogP contribution < -0.4 is 11.3 Å². The molecule has 3 aromatic heterocycles. The molecule has 0 saturated heterocycles. The van der Waals surface area contributed by atoms with Crippen LogP contribution in [-0.4, -0.2) is 19.5 Å². The summed E-state index contributed by atoms with van der Waals surface area (Å²) >= 11 is 1.47. The molecule has 0 saturated carbocycles. The van der Waals surface area contributed by atoms with Crippen molar-refractivity contribution in [3.8, 4) is 12.1 Å². The molecule has 3 heterocycles. The van der Waals surface area contributed by atoms with Crippen molar-refractivity contribution >= 4 is 27.4 Å². The third-order valence-corrected chi connectivity index (χ3v) is 3.68. The molecule has 9 heteroatoms. The minimum absolute atomic E-state index is 0.0897. The molecule has 0 fully saturated rings. The third kappa shape index (κ3) is 2.17. The van der Waals surface area contributed by atoms with Gasteiger partial charge in [0.1, 0.15) is 17.0 Å². The summed E-state index contributed by atoms with van der Waals surface area (Å²) in [6, 6.07) is 5.72. The average Bonchev–Trinajstić information content (AvgIpc) is 3.12. The number of imidazole rings is 1. The van der Waals surface area contributed by atoms with Crippen LogP contribution in [0.5, 0.6) is 0 Å². The SMILES string of the molecule is N#Cc1ncn(Cc2nc(NN)c3ccsc3n2)c1C#N. The van der Waals surface area contributed by atoms with Crippen LogP contribution in [-0.2, 0) is 6.54 Å². The average molecular weight is 296 g/mol. The molecule has 102 valence electrons. The fraction of sp³-hybridized carbons (Fsp3) is 0.0833. The number of thiophene rings is 1. The van der Waals surface area contributed by atoms with Crippen LogP contribution >= 0.6 is 11.3 Å². The van der Waals surface area contributed by atoms with Crippen LogP contribution in [0.4, 0.5) is 5.82 Å². The summed E-state index contributed by atoms with van der Waals surface area (Å²) in [5, 5.41) is 20.7. The Morgan fingerprint density at radius 1 is 1.33 bits per heavy atom. The first-order valence-corrected chi connectivity index (χ1v) is 6.71. The van der Waals surface area contributed by atoms with Gasteiger partial charge in [-0.1, -0.05) is 0 Å². The first-order chi connectivity index (χ1) is 10.3. The highest BCUT2D eigenvalue weighted by molar-refractivity contribution is 7.16. The Hall–Kier alpha value is -3.01. The molecule has 0 aromatic carbocycles. The van der Waals surface area contributed by atoms with E-state index in [1.165, 1.54) is 22.2 Å². The van der Waals surface area contributed by atoms with E-state index >= 15 is 0 Å². The van der Waals surface area contributed by atoms with Gasteiger partial charge < -0.3 is 9.99 Å². The summed E-state index contributed by atoms with van der Waals surface area (Å²) in [7, 11) is 0. The van der Waals surface area contributed by atoms with Crippen LogP contribution in [0.15, 0.2) is 17.8 Å². The zero-order chi connectivity index (χ0) is 14.8. The number of nitrogen functional groups attached to an aromatic ring is 1.